The Morgan fingerprint density at radius 2 is 1.35 bits per heavy atom. The monoisotopic (exact) mass is 640 g/mol. The molecule has 1 N–H and O–H groups in total. The van der Waals surface area contributed by atoms with Crippen molar-refractivity contribution < 1.29 is 0 Å². The normalized spacial score (nSPS) is 12.7. The summed E-state index contributed by atoms with van der Waals surface area (Å²) < 4.78 is 2.42. The number of pyridine rings is 1. The molecular formula is C45H44N4. The summed E-state index contributed by atoms with van der Waals surface area (Å²) in [5.74, 6) is 0.989. The van der Waals surface area contributed by atoms with Gasteiger partial charge in [0.2, 0.25) is 0 Å². The Hall–Kier alpha value is -5.22. The van der Waals surface area contributed by atoms with E-state index in [0.717, 1.165) is 61.2 Å². The van der Waals surface area contributed by atoms with E-state index in [2.05, 4.69) is 168 Å². The molecule has 49 heavy (non-hydrogen) atoms. The highest BCUT2D eigenvalue weighted by molar-refractivity contribution is 6.12. The van der Waals surface area contributed by atoms with Crippen molar-refractivity contribution in [2.45, 2.75) is 72.3 Å². The zero-order valence-corrected chi connectivity index (χ0v) is 29.8. The van der Waals surface area contributed by atoms with Gasteiger partial charge in [-0.1, -0.05) is 102 Å². The molecule has 0 aliphatic carbocycles. The fourth-order valence-electron chi connectivity index (χ4n) is 7.23. The first-order chi connectivity index (χ1) is 23.4. The minimum absolute atomic E-state index is 0.0365. The van der Waals surface area contributed by atoms with Gasteiger partial charge in [-0.05, 0) is 89.2 Å². The second-order valence-corrected chi connectivity index (χ2v) is 15.9. The summed E-state index contributed by atoms with van der Waals surface area (Å²) in [6.45, 7) is 18.3. The number of nitrogens with one attached hydrogen (secondary N) is 1. The molecule has 0 aliphatic rings. The van der Waals surface area contributed by atoms with E-state index in [4.69, 9.17) is 9.97 Å². The molecule has 4 nitrogen and oxygen atoms in total. The number of imidazole rings is 1. The van der Waals surface area contributed by atoms with Crippen molar-refractivity contribution in [3.8, 4) is 33.8 Å². The van der Waals surface area contributed by atoms with Crippen LogP contribution in [0.3, 0.4) is 0 Å². The third-order valence-electron chi connectivity index (χ3n) is 10.0. The van der Waals surface area contributed by atoms with Crippen LogP contribution in [0.1, 0.15) is 72.6 Å². The van der Waals surface area contributed by atoms with Crippen LogP contribution in [0.25, 0.3) is 77.4 Å². The van der Waals surface area contributed by atoms with Crippen molar-refractivity contribution in [2.24, 2.45) is 0 Å². The van der Waals surface area contributed by atoms with E-state index < -0.39 is 0 Å². The Bertz CT molecular complexity index is 2550. The maximum Gasteiger partial charge on any atom is 0.143 e. The average Bonchev–Trinajstić information content (AvgIpc) is 3.65. The summed E-state index contributed by atoms with van der Waals surface area (Å²) in [7, 11) is 0. The van der Waals surface area contributed by atoms with E-state index >= 15 is 0 Å². The molecule has 8 rings (SSSR count). The number of fused-ring (bicyclic) bond motifs is 5. The number of hydrogen-bond donors (Lipinski definition) is 1. The average molecular weight is 641 g/mol. The minimum atomic E-state index is -0.0365. The van der Waals surface area contributed by atoms with Crippen LogP contribution in [-0.2, 0) is 10.8 Å². The number of para-hydroxylation sites is 1. The van der Waals surface area contributed by atoms with Crippen LogP contribution in [0.5, 0.6) is 0 Å². The molecule has 0 bridgehead atoms. The van der Waals surface area contributed by atoms with Crippen LogP contribution < -0.4 is 0 Å². The van der Waals surface area contributed by atoms with Crippen LogP contribution in [0, 0.1) is 0 Å². The molecule has 4 heteroatoms. The fourth-order valence-corrected chi connectivity index (χ4v) is 7.23. The summed E-state index contributed by atoms with van der Waals surface area (Å²) in [4.78, 5) is 14.2. The smallest absolute Gasteiger partial charge is 0.143 e. The van der Waals surface area contributed by atoms with Crippen molar-refractivity contribution in [1.82, 2.24) is 19.5 Å². The van der Waals surface area contributed by atoms with Crippen molar-refractivity contribution in [2.75, 3.05) is 0 Å². The Kier molecular flexibility index (Phi) is 7.08. The zero-order valence-electron chi connectivity index (χ0n) is 29.8. The maximum absolute atomic E-state index is 5.55. The number of H-pyrrole nitrogens is 1. The molecule has 0 radical (unpaired) electrons. The summed E-state index contributed by atoms with van der Waals surface area (Å²) in [5, 5.41) is 4.85. The van der Waals surface area contributed by atoms with Gasteiger partial charge < -0.3 is 9.55 Å². The number of nitrogens with zero attached hydrogens (tertiary/aromatic N) is 3. The van der Waals surface area contributed by atoms with Gasteiger partial charge in [0.15, 0.2) is 0 Å². The Labute approximate surface area is 288 Å². The predicted molar refractivity (Wildman–Crippen MR) is 208 cm³/mol. The zero-order chi connectivity index (χ0) is 34.2. The van der Waals surface area contributed by atoms with Crippen LogP contribution in [0.15, 0.2) is 109 Å². The highest BCUT2D eigenvalue weighted by atomic mass is 15.1. The number of hydrogen-bond acceptors (Lipinski definition) is 2. The van der Waals surface area contributed by atoms with Crippen LogP contribution in [0.4, 0.5) is 0 Å². The number of rotatable bonds is 4. The summed E-state index contributed by atoms with van der Waals surface area (Å²) in [6.07, 6.45) is 1.97. The van der Waals surface area contributed by atoms with Gasteiger partial charge >= 0.3 is 0 Å². The first-order valence-corrected chi connectivity index (χ1v) is 17.4. The van der Waals surface area contributed by atoms with Gasteiger partial charge in [-0.25, -0.2) is 4.98 Å². The lowest BCUT2D eigenvalue weighted by Gasteiger charge is -2.22. The molecule has 244 valence electrons. The fraction of sp³-hybridized carbons (Fsp3) is 0.244. The Morgan fingerprint density at radius 3 is 2.10 bits per heavy atom. The molecule has 3 heterocycles. The predicted octanol–water partition coefficient (Wildman–Crippen LogP) is 12.4. The van der Waals surface area contributed by atoms with Gasteiger partial charge in [0.05, 0.1) is 22.2 Å². The summed E-state index contributed by atoms with van der Waals surface area (Å²) >= 11 is 0. The Morgan fingerprint density at radius 1 is 0.633 bits per heavy atom. The van der Waals surface area contributed by atoms with E-state index in [1.54, 1.807) is 0 Å². The maximum atomic E-state index is 5.55. The molecule has 0 saturated heterocycles. The largest absolute Gasteiger partial charge is 0.354 e. The first kappa shape index (κ1) is 31.1. The number of benzene rings is 5. The molecule has 5 aromatic carbocycles. The van der Waals surface area contributed by atoms with Crippen molar-refractivity contribution >= 4 is 43.6 Å². The molecule has 3 aromatic heterocycles. The number of aromatic amines is 1. The molecular weight excluding hydrogens is 597 g/mol. The third kappa shape index (κ3) is 5.31. The highest BCUT2D eigenvalue weighted by Crippen LogP contribution is 2.42. The number of aromatic nitrogens is 4. The molecule has 0 amide bonds. The topological polar surface area (TPSA) is 46.5 Å². The van der Waals surface area contributed by atoms with Gasteiger partial charge in [-0.15, -0.1) is 0 Å². The molecule has 0 spiro atoms. The van der Waals surface area contributed by atoms with Gasteiger partial charge in [0.1, 0.15) is 5.82 Å². The molecule has 0 atom stereocenters. The van der Waals surface area contributed by atoms with Crippen molar-refractivity contribution in [1.29, 1.82) is 0 Å². The van der Waals surface area contributed by atoms with Crippen molar-refractivity contribution in [3.63, 3.8) is 0 Å². The standard InChI is InChI=1S/C45H44N4/c1-27(2)49-40-18-12-17-34(29-15-11-16-30(21-29)39-22-28-13-9-10-14-31(28)26-46-39)42(40)48-43(49)37-25-33(45(6,7)8)24-36-35-23-32(44(3,4)5)19-20-38(35)47-41(36)37/h9-27,47H,1-8H3. The molecule has 0 fully saturated rings. The van der Waals surface area contributed by atoms with Crippen LogP contribution in [-0.4, -0.2) is 19.5 Å². The van der Waals surface area contributed by atoms with Gasteiger partial charge in [0.25, 0.3) is 0 Å². The molecule has 0 unspecified atom stereocenters. The lowest BCUT2D eigenvalue weighted by molar-refractivity contribution is 0.590. The first-order valence-electron chi connectivity index (χ1n) is 17.4. The second-order valence-electron chi connectivity index (χ2n) is 15.9. The lowest BCUT2D eigenvalue weighted by atomic mass is 9.84. The Balaban J connectivity index is 1.36. The lowest BCUT2D eigenvalue weighted by Crippen LogP contribution is -2.12. The van der Waals surface area contributed by atoms with E-state index in [1.165, 1.54) is 27.3 Å². The van der Waals surface area contributed by atoms with E-state index in [0.29, 0.717) is 0 Å². The minimum Gasteiger partial charge on any atom is -0.354 e. The van der Waals surface area contributed by atoms with Gasteiger partial charge in [0, 0.05) is 50.6 Å². The van der Waals surface area contributed by atoms with Gasteiger partial charge in [-0.2, -0.15) is 0 Å². The highest BCUT2D eigenvalue weighted by Gasteiger charge is 2.25. The molecule has 0 aliphatic heterocycles. The molecule has 0 saturated carbocycles. The molecule has 8 aromatic rings. The summed E-state index contributed by atoms with van der Waals surface area (Å²) in [5.41, 5.74) is 12.6. The van der Waals surface area contributed by atoms with E-state index in [1.807, 2.05) is 6.20 Å². The van der Waals surface area contributed by atoms with E-state index in [9.17, 15) is 0 Å². The van der Waals surface area contributed by atoms with Crippen molar-refractivity contribution in [3.05, 3.63) is 120 Å². The quantitative estimate of drug-likeness (QED) is 0.208. The van der Waals surface area contributed by atoms with Gasteiger partial charge in [-0.3, -0.25) is 4.98 Å². The van der Waals surface area contributed by atoms with Crippen LogP contribution in [0.2, 0.25) is 0 Å². The SMILES string of the molecule is CC(C)n1c(-c2cc(C(C)(C)C)cc3c2[nH]c2ccc(C(C)(C)C)cc23)nc2c(-c3cccc(-c4cc5ccccc5cn4)c3)cccc21. The summed E-state index contributed by atoms with van der Waals surface area (Å²) in [6, 6.07) is 37.7. The van der Waals surface area contributed by atoms with E-state index in [-0.39, 0.29) is 16.9 Å². The second kappa shape index (κ2) is 11.2. The third-order valence-corrected chi connectivity index (χ3v) is 10.0. The van der Waals surface area contributed by atoms with Crippen LogP contribution >= 0.6 is 0 Å².